The molecule has 0 aromatic carbocycles. The van der Waals surface area contributed by atoms with E-state index in [-0.39, 0.29) is 6.10 Å². The van der Waals surface area contributed by atoms with Gasteiger partial charge in [-0.3, -0.25) is 4.98 Å². The van der Waals surface area contributed by atoms with Crippen molar-refractivity contribution in [3.8, 4) is 5.75 Å². The van der Waals surface area contributed by atoms with Crippen LogP contribution >= 0.6 is 0 Å². The van der Waals surface area contributed by atoms with Gasteiger partial charge in [-0.15, -0.1) is 0 Å². The number of hydrogen-bond donors (Lipinski definition) is 1. The van der Waals surface area contributed by atoms with Crippen LogP contribution in [0.2, 0.25) is 0 Å². The van der Waals surface area contributed by atoms with Gasteiger partial charge in [-0.05, 0) is 19.9 Å². The second-order valence-electron chi connectivity index (χ2n) is 4.41. The summed E-state index contributed by atoms with van der Waals surface area (Å²) < 4.78 is 10.8. The van der Waals surface area contributed by atoms with Crippen molar-refractivity contribution < 1.29 is 14.6 Å². The van der Waals surface area contributed by atoms with Crippen LogP contribution in [0.25, 0.3) is 0 Å². The van der Waals surface area contributed by atoms with Gasteiger partial charge in [-0.1, -0.05) is 0 Å². The van der Waals surface area contributed by atoms with E-state index in [2.05, 4.69) is 4.98 Å². The largest absolute Gasteiger partial charge is 0.489 e. The van der Waals surface area contributed by atoms with Gasteiger partial charge in [0.05, 0.1) is 18.9 Å². The minimum atomic E-state index is -0.899. The molecule has 1 aliphatic rings. The first-order chi connectivity index (χ1) is 7.60. The fraction of sp³-hybridized carbons (Fsp3) is 0.583. The highest BCUT2D eigenvalue weighted by Crippen LogP contribution is 2.31. The predicted molar refractivity (Wildman–Crippen MR) is 59.3 cm³/mol. The quantitative estimate of drug-likeness (QED) is 0.843. The summed E-state index contributed by atoms with van der Waals surface area (Å²) in [7, 11) is 0. The Bertz CT molecular complexity index is 359. The average molecular weight is 223 g/mol. The fourth-order valence-electron chi connectivity index (χ4n) is 1.79. The van der Waals surface area contributed by atoms with E-state index < -0.39 is 5.60 Å². The highest BCUT2D eigenvalue weighted by molar-refractivity contribution is 5.29. The Balaban J connectivity index is 2.21. The maximum Gasteiger partial charge on any atom is 0.138 e. The molecule has 4 nitrogen and oxygen atoms in total. The zero-order chi connectivity index (χ0) is 11.6. The summed E-state index contributed by atoms with van der Waals surface area (Å²) in [6.07, 6.45) is 4.04. The Hall–Kier alpha value is -1.13. The van der Waals surface area contributed by atoms with Crippen LogP contribution in [-0.4, -0.2) is 29.4 Å². The third-order valence-corrected chi connectivity index (χ3v) is 2.62. The molecule has 1 N–H and O–H groups in total. The molecule has 0 spiro atoms. The van der Waals surface area contributed by atoms with Crippen molar-refractivity contribution in [1.29, 1.82) is 0 Å². The second kappa shape index (κ2) is 4.39. The van der Waals surface area contributed by atoms with Gasteiger partial charge in [-0.25, -0.2) is 0 Å². The van der Waals surface area contributed by atoms with Crippen molar-refractivity contribution in [3.63, 3.8) is 0 Å². The molecule has 1 aromatic rings. The Morgan fingerprint density at radius 3 is 2.94 bits per heavy atom. The monoisotopic (exact) mass is 223 g/mol. The van der Waals surface area contributed by atoms with Crippen molar-refractivity contribution in [2.75, 3.05) is 13.2 Å². The van der Waals surface area contributed by atoms with Crippen LogP contribution < -0.4 is 4.74 Å². The summed E-state index contributed by atoms with van der Waals surface area (Å²) in [6.45, 7) is 4.84. The second-order valence-corrected chi connectivity index (χ2v) is 4.41. The highest BCUT2D eigenvalue weighted by Gasteiger charge is 2.34. The molecule has 1 atom stereocenters. The Morgan fingerprint density at radius 1 is 1.50 bits per heavy atom. The van der Waals surface area contributed by atoms with E-state index in [1.54, 1.807) is 12.4 Å². The summed E-state index contributed by atoms with van der Waals surface area (Å²) >= 11 is 0. The molecule has 0 aliphatic carbocycles. The van der Waals surface area contributed by atoms with Crippen LogP contribution in [0.1, 0.15) is 25.8 Å². The van der Waals surface area contributed by atoms with Crippen LogP contribution in [0.5, 0.6) is 5.75 Å². The summed E-state index contributed by atoms with van der Waals surface area (Å²) in [5, 5.41) is 10.3. The van der Waals surface area contributed by atoms with E-state index in [0.29, 0.717) is 25.4 Å². The molecule has 2 rings (SSSR count). The first kappa shape index (κ1) is 11.4. The zero-order valence-electron chi connectivity index (χ0n) is 9.64. The molecule has 88 valence electrons. The highest BCUT2D eigenvalue weighted by atomic mass is 16.5. The van der Waals surface area contributed by atoms with Gasteiger partial charge in [0.25, 0.3) is 0 Å². The minimum absolute atomic E-state index is 0.103. The number of pyridine rings is 1. The van der Waals surface area contributed by atoms with Crippen LogP contribution in [0.3, 0.4) is 0 Å². The summed E-state index contributed by atoms with van der Waals surface area (Å²) in [4.78, 5) is 4.09. The van der Waals surface area contributed by atoms with Crippen molar-refractivity contribution in [2.24, 2.45) is 0 Å². The van der Waals surface area contributed by atoms with Gasteiger partial charge >= 0.3 is 0 Å². The molecule has 2 heterocycles. The van der Waals surface area contributed by atoms with Gasteiger partial charge in [0.15, 0.2) is 0 Å². The van der Waals surface area contributed by atoms with Crippen molar-refractivity contribution in [3.05, 3.63) is 24.0 Å². The first-order valence-corrected chi connectivity index (χ1v) is 5.52. The number of hydrogen-bond acceptors (Lipinski definition) is 4. The summed E-state index contributed by atoms with van der Waals surface area (Å²) in [5.41, 5.74) is -0.133. The molecular weight excluding hydrogens is 206 g/mol. The number of aliphatic hydroxyl groups is 1. The minimum Gasteiger partial charge on any atom is -0.489 e. The zero-order valence-corrected chi connectivity index (χ0v) is 9.64. The lowest BCUT2D eigenvalue weighted by Gasteiger charge is -2.21. The van der Waals surface area contributed by atoms with E-state index in [0.717, 1.165) is 5.56 Å². The van der Waals surface area contributed by atoms with Crippen LogP contribution in [0.4, 0.5) is 0 Å². The normalized spacial score (nSPS) is 25.0. The van der Waals surface area contributed by atoms with E-state index in [9.17, 15) is 5.11 Å². The Morgan fingerprint density at radius 2 is 2.31 bits per heavy atom. The molecule has 1 fully saturated rings. The van der Waals surface area contributed by atoms with E-state index in [4.69, 9.17) is 9.47 Å². The van der Waals surface area contributed by atoms with Gasteiger partial charge in [0.2, 0.25) is 0 Å². The maximum atomic E-state index is 10.3. The number of rotatable bonds is 3. The average Bonchev–Trinajstić information content (AvgIpc) is 2.66. The van der Waals surface area contributed by atoms with E-state index in [1.165, 1.54) is 0 Å². The molecule has 4 heteroatoms. The topological polar surface area (TPSA) is 51.6 Å². The number of nitrogens with zero attached hydrogens (tertiary/aromatic N) is 1. The van der Waals surface area contributed by atoms with Gasteiger partial charge < -0.3 is 14.6 Å². The maximum absolute atomic E-state index is 10.3. The van der Waals surface area contributed by atoms with E-state index in [1.807, 2.05) is 19.9 Å². The van der Waals surface area contributed by atoms with Crippen LogP contribution in [0.15, 0.2) is 18.5 Å². The number of aromatic nitrogens is 1. The fourth-order valence-corrected chi connectivity index (χ4v) is 1.79. The lowest BCUT2D eigenvalue weighted by atomic mass is 9.95. The molecule has 1 aromatic heterocycles. The predicted octanol–water partition coefficient (Wildman–Crippen LogP) is 1.48. The Labute approximate surface area is 95.2 Å². The van der Waals surface area contributed by atoms with Crippen LogP contribution in [0, 0.1) is 0 Å². The summed E-state index contributed by atoms with van der Waals surface area (Å²) in [6, 6.07) is 1.84. The Kier molecular flexibility index (Phi) is 3.12. The molecular formula is C12H17NO3. The molecule has 0 amide bonds. The first-order valence-electron chi connectivity index (χ1n) is 5.52. The molecule has 1 unspecified atom stereocenters. The van der Waals surface area contributed by atoms with Gasteiger partial charge in [-0.2, -0.15) is 0 Å². The SMILES string of the molecule is CC(C)Oc1cncc(C2(O)CCOC2)c1. The molecule has 0 radical (unpaired) electrons. The third kappa shape index (κ3) is 2.33. The smallest absolute Gasteiger partial charge is 0.138 e. The standard InChI is InChI=1S/C12H17NO3/c1-9(2)16-11-5-10(6-13-7-11)12(14)3-4-15-8-12/h5-7,9,14H,3-4,8H2,1-2H3. The van der Waals surface area contributed by atoms with Crippen LogP contribution in [-0.2, 0) is 10.3 Å². The summed E-state index contributed by atoms with van der Waals surface area (Å²) in [5.74, 6) is 0.688. The number of ether oxygens (including phenoxy) is 2. The van der Waals surface area contributed by atoms with Gasteiger partial charge in [0, 0.05) is 24.8 Å². The van der Waals surface area contributed by atoms with Crippen molar-refractivity contribution >= 4 is 0 Å². The third-order valence-electron chi connectivity index (χ3n) is 2.62. The molecule has 16 heavy (non-hydrogen) atoms. The van der Waals surface area contributed by atoms with E-state index >= 15 is 0 Å². The molecule has 0 bridgehead atoms. The molecule has 1 saturated heterocycles. The van der Waals surface area contributed by atoms with Crippen molar-refractivity contribution in [1.82, 2.24) is 4.98 Å². The molecule has 0 saturated carbocycles. The lowest BCUT2D eigenvalue weighted by Crippen LogP contribution is -2.25. The van der Waals surface area contributed by atoms with Gasteiger partial charge in [0.1, 0.15) is 11.4 Å². The molecule has 1 aliphatic heterocycles. The lowest BCUT2D eigenvalue weighted by molar-refractivity contribution is 0.0226. The van der Waals surface area contributed by atoms with Crippen molar-refractivity contribution in [2.45, 2.75) is 32.0 Å².